The summed E-state index contributed by atoms with van der Waals surface area (Å²) < 4.78 is 5.13. The Bertz CT molecular complexity index is 299. The van der Waals surface area contributed by atoms with Crippen molar-refractivity contribution in [2.24, 2.45) is 0 Å². The number of ether oxygens (including phenoxy) is 1. The van der Waals surface area contributed by atoms with Gasteiger partial charge in [0.05, 0.1) is 6.61 Å². The third kappa shape index (κ3) is 4.23. The molecule has 1 unspecified atom stereocenters. The van der Waals surface area contributed by atoms with Crippen LogP contribution in [0, 0.1) is 0 Å². The van der Waals surface area contributed by atoms with Crippen molar-refractivity contribution in [1.29, 1.82) is 0 Å². The highest BCUT2D eigenvalue weighted by atomic mass is 16.5. The summed E-state index contributed by atoms with van der Waals surface area (Å²) in [5.41, 5.74) is 2.59. The molecule has 1 N–H and O–H groups in total. The van der Waals surface area contributed by atoms with Gasteiger partial charge in [-0.25, -0.2) is 0 Å². The molecule has 0 heterocycles. The van der Waals surface area contributed by atoms with E-state index in [1.54, 1.807) is 7.11 Å². The first-order valence-electron chi connectivity index (χ1n) is 6.11. The van der Waals surface area contributed by atoms with E-state index in [1.165, 1.54) is 24.1 Å². The average Bonchev–Trinajstić information content (AvgIpc) is 2.28. The molecule has 0 fully saturated rings. The summed E-state index contributed by atoms with van der Waals surface area (Å²) in [5, 5.41) is 3.56. The van der Waals surface area contributed by atoms with Crippen molar-refractivity contribution in [1.82, 2.24) is 0 Å². The second-order valence-corrected chi connectivity index (χ2v) is 4.23. The summed E-state index contributed by atoms with van der Waals surface area (Å²) in [6.07, 6.45) is 3.39. The fourth-order valence-electron chi connectivity index (χ4n) is 1.86. The highest BCUT2D eigenvalue weighted by molar-refractivity contribution is 5.51. The summed E-state index contributed by atoms with van der Waals surface area (Å²) >= 11 is 0. The van der Waals surface area contributed by atoms with E-state index in [9.17, 15) is 0 Å². The van der Waals surface area contributed by atoms with E-state index in [4.69, 9.17) is 4.74 Å². The smallest absolute Gasteiger partial charge is 0.0503 e. The summed E-state index contributed by atoms with van der Waals surface area (Å²) in [6.45, 7) is 5.23. The molecule has 0 bridgehead atoms. The van der Waals surface area contributed by atoms with E-state index < -0.39 is 0 Å². The largest absolute Gasteiger partial charge is 0.384 e. The minimum Gasteiger partial charge on any atom is -0.384 e. The normalized spacial score (nSPS) is 12.4. The van der Waals surface area contributed by atoms with Crippen molar-refractivity contribution in [2.45, 2.75) is 39.2 Å². The fourth-order valence-corrected chi connectivity index (χ4v) is 1.86. The number of hydrogen-bond donors (Lipinski definition) is 1. The predicted octanol–water partition coefficient (Wildman–Crippen LogP) is 3.48. The first-order chi connectivity index (χ1) is 7.77. The highest BCUT2D eigenvalue weighted by Crippen LogP contribution is 2.17. The van der Waals surface area contributed by atoms with Crippen LogP contribution in [0.25, 0.3) is 0 Å². The van der Waals surface area contributed by atoms with E-state index in [-0.39, 0.29) is 0 Å². The van der Waals surface area contributed by atoms with Gasteiger partial charge < -0.3 is 10.1 Å². The Morgan fingerprint density at radius 1 is 1.31 bits per heavy atom. The Kier molecular flexibility index (Phi) is 5.94. The molecule has 16 heavy (non-hydrogen) atoms. The van der Waals surface area contributed by atoms with Crippen LogP contribution >= 0.6 is 0 Å². The number of nitrogens with one attached hydrogen (secondary N) is 1. The Balaban J connectivity index is 2.62. The topological polar surface area (TPSA) is 21.3 Å². The second kappa shape index (κ2) is 7.29. The number of methoxy groups -OCH3 is 1. The molecule has 0 saturated heterocycles. The molecule has 1 aromatic rings. The summed E-state index contributed by atoms with van der Waals surface area (Å²) in [4.78, 5) is 0. The Morgan fingerprint density at radius 2 is 2.06 bits per heavy atom. The van der Waals surface area contributed by atoms with E-state index in [1.807, 2.05) is 0 Å². The average molecular weight is 221 g/mol. The molecular formula is C14H23NO. The first kappa shape index (κ1) is 13.0. The van der Waals surface area contributed by atoms with E-state index in [0.717, 1.165) is 13.0 Å². The van der Waals surface area contributed by atoms with Crippen LogP contribution in [0.1, 0.15) is 32.3 Å². The maximum Gasteiger partial charge on any atom is 0.0503 e. The summed E-state index contributed by atoms with van der Waals surface area (Å²) in [5.74, 6) is 0. The number of anilines is 1. The van der Waals surface area contributed by atoms with Gasteiger partial charge in [-0.2, -0.15) is 0 Å². The van der Waals surface area contributed by atoms with Crippen LogP contribution in [-0.2, 0) is 11.2 Å². The Morgan fingerprint density at radius 3 is 2.75 bits per heavy atom. The van der Waals surface area contributed by atoms with Gasteiger partial charge in [0, 0.05) is 18.8 Å². The third-order valence-electron chi connectivity index (χ3n) is 2.72. The number of para-hydroxylation sites is 1. The molecule has 0 aliphatic heterocycles. The van der Waals surface area contributed by atoms with Crippen LogP contribution in [0.4, 0.5) is 5.69 Å². The lowest BCUT2D eigenvalue weighted by molar-refractivity contribution is 0.202. The Labute approximate surface area is 99.0 Å². The molecule has 2 heteroatoms. The van der Waals surface area contributed by atoms with Crippen LogP contribution in [0.3, 0.4) is 0 Å². The lowest BCUT2D eigenvalue weighted by atomic mass is 10.1. The van der Waals surface area contributed by atoms with Gasteiger partial charge in [0.25, 0.3) is 0 Å². The maximum absolute atomic E-state index is 5.13. The molecule has 1 aromatic carbocycles. The van der Waals surface area contributed by atoms with Gasteiger partial charge in [-0.3, -0.25) is 0 Å². The van der Waals surface area contributed by atoms with Crippen molar-refractivity contribution in [3.05, 3.63) is 29.8 Å². The highest BCUT2D eigenvalue weighted by Gasteiger charge is 2.04. The fraction of sp³-hybridized carbons (Fsp3) is 0.571. The molecule has 1 atom stereocenters. The monoisotopic (exact) mass is 221 g/mol. The SMILES string of the molecule is CCCC(C)Nc1ccccc1CCOC. The van der Waals surface area contributed by atoms with Crippen LogP contribution < -0.4 is 5.32 Å². The van der Waals surface area contributed by atoms with Gasteiger partial charge in [-0.1, -0.05) is 31.5 Å². The second-order valence-electron chi connectivity index (χ2n) is 4.23. The molecular weight excluding hydrogens is 198 g/mol. The van der Waals surface area contributed by atoms with Crippen LogP contribution in [0.5, 0.6) is 0 Å². The molecule has 2 nitrogen and oxygen atoms in total. The Hall–Kier alpha value is -1.02. The minimum absolute atomic E-state index is 0.536. The number of benzene rings is 1. The molecule has 0 aliphatic carbocycles. The van der Waals surface area contributed by atoms with Crippen molar-refractivity contribution in [3.63, 3.8) is 0 Å². The molecule has 0 radical (unpaired) electrons. The van der Waals surface area contributed by atoms with Gasteiger partial charge in [-0.05, 0) is 31.4 Å². The standard InChI is InChI=1S/C14H23NO/c1-4-7-12(2)15-14-9-6-5-8-13(14)10-11-16-3/h5-6,8-9,12,15H,4,7,10-11H2,1-3H3. The van der Waals surface area contributed by atoms with Gasteiger partial charge in [0.2, 0.25) is 0 Å². The van der Waals surface area contributed by atoms with E-state index >= 15 is 0 Å². The summed E-state index contributed by atoms with van der Waals surface area (Å²) in [6, 6.07) is 9.02. The molecule has 0 spiro atoms. The quantitative estimate of drug-likeness (QED) is 0.761. The summed E-state index contributed by atoms with van der Waals surface area (Å²) in [7, 11) is 1.75. The zero-order chi connectivity index (χ0) is 11.8. The van der Waals surface area contributed by atoms with Crippen molar-refractivity contribution < 1.29 is 4.74 Å². The van der Waals surface area contributed by atoms with Gasteiger partial charge in [-0.15, -0.1) is 0 Å². The van der Waals surface area contributed by atoms with Crippen molar-refractivity contribution in [3.8, 4) is 0 Å². The first-order valence-corrected chi connectivity index (χ1v) is 6.11. The molecule has 0 saturated carbocycles. The van der Waals surface area contributed by atoms with Crippen LogP contribution in [-0.4, -0.2) is 19.8 Å². The van der Waals surface area contributed by atoms with Gasteiger partial charge in [0.1, 0.15) is 0 Å². The molecule has 0 aromatic heterocycles. The third-order valence-corrected chi connectivity index (χ3v) is 2.72. The van der Waals surface area contributed by atoms with Crippen molar-refractivity contribution >= 4 is 5.69 Å². The molecule has 0 aliphatic rings. The van der Waals surface area contributed by atoms with Crippen molar-refractivity contribution in [2.75, 3.05) is 19.0 Å². The van der Waals surface area contributed by atoms with Crippen LogP contribution in [0.15, 0.2) is 24.3 Å². The van der Waals surface area contributed by atoms with E-state index in [0.29, 0.717) is 6.04 Å². The zero-order valence-corrected chi connectivity index (χ0v) is 10.6. The predicted molar refractivity (Wildman–Crippen MR) is 70.0 cm³/mol. The maximum atomic E-state index is 5.13. The number of hydrogen-bond acceptors (Lipinski definition) is 2. The lowest BCUT2D eigenvalue weighted by Crippen LogP contribution is -2.16. The molecule has 1 rings (SSSR count). The van der Waals surface area contributed by atoms with Gasteiger partial charge >= 0.3 is 0 Å². The van der Waals surface area contributed by atoms with Gasteiger partial charge in [0.15, 0.2) is 0 Å². The molecule has 90 valence electrons. The van der Waals surface area contributed by atoms with E-state index in [2.05, 4.69) is 43.4 Å². The van der Waals surface area contributed by atoms with Crippen LogP contribution in [0.2, 0.25) is 0 Å². The lowest BCUT2D eigenvalue weighted by Gasteiger charge is -2.17. The minimum atomic E-state index is 0.536. The number of rotatable bonds is 7. The molecule has 0 amide bonds. The zero-order valence-electron chi connectivity index (χ0n) is 10.6.